The minimum atomic E-state index is -3.35. The van der Waals surface area contributed by atoms with E-state index >= 15 is 0 Å². The lowest BCUT2D eigenvalue weighted by Gasteiger charge is -2.35. The van der Waals surface area contributed by atoms with Gasteiger partial charge in [0.1, 0.15) is 0 Å². The molecule has 0 spiro atoms. The quantitative estimate of drug-likeness (QED) is 0.875. The molecule has 0 bridgehead atoms. The van der Waals surface area contributed by atoms with Gasteiger partial charge in [0, 0.05) is 23.5 Å². The number of halogens is 1. The number of hydrogen-bond acceptors (Lipinski definition) is 4. The largest absolute Gasteiger partial charge is 0.330 e. The fourth-order valence-electron chi connectivity index (χ4n) is 2.28. The van der Waals surface area contributed by atoms with Crippen LogP contribution in [0.1, 0.15) is 13.3 Å². The molecule has 0 aromatic heterocycles. The first-order valence-electron chi connectivity index (χ1n) is 5.91. The molecular weight excluding hydrogens is 332 g/mol. The molecule has 1 heterocycles. The van der Waals surface area contributed by atoms with E-state index in [4.69, 9.17) is 5.73 Å². The Morgan fingerprint density at radius 2 is 2.21 bits per heavy atom. The summed E-state index contributed by atoms with van der Waals surface area (Å²) in [5, 5.41) is 0. The van der Waals surface area contributed by atoms with Gasteiger partial charge in [-0.05, 0) is 25.1 Å². The fourth-order valence-corrected chi connectivity index (χ4v) is 4.55. The van der Waals surface area contributed by atoms with Crippen molar-refractivity contribution in [3.63, 3.8) is 0 Å². The van der Waals surface area contributed by atoms with Crippen LogP contribution in [-0.4, -0.2) is 32.7 Å². The number of anilines is 1. The van der Waals surface area contributed by atoms with Gasteiger partial charge < -0.3 is 10.6 Å². The van der Waals surface area contributed by atoms with E-state index in [1.165, 1.54) is 4.90 Å². The zero-order chi connectivity index (χ0) is 14.2. The molecule has 5 nitrogen and oxygen atoms in total. The molecular formula is C12H15BrN2O3S. The standard InChI is InChI=1S/C12H15BrN2O3S/c1-8-7-19(17,18)11-6-9(13)2-3-10(11)15(8)12(16)4-5-14/h2-3,6,8H,4-5,7,14H2,1H3. The van der Waals surface area contributed by atoms with Gasteiger partial charge in [0.2, 0.25) is 5.91 Å². The van der Waals surface area contributed by atoms with Crippen LogP contribution in [-0.2, 0) is 14.6 Å². The summed E-state index contributed by atoms with van der Waals surface area (Å²) in [5.74, 6) is -0.208. The zero-order valence-electron chi connectivity index (χ0n) is 10.5. The molecule has 0 saturated carbocycles. The minimum Gasteiger partial charge on any atom is -0.330 e. The third kappa shape index (κ3) is 2.68. The fraction of sp³-hybridized carbons (Fsp3) is 0.417. The first kappa shape index (κ1) is 14.5. The predicted molar refractivity (Wildman–Crippen MR) is 76.8 cm³/mol. The highest BCUT2D eigenvalue weighted by Crippen LogP contribution is 2.35. The van der Waals surface area contributed by atoms with E-state index in [0.29, 0.717) is 10.2 Å². The van der Waals surface area contributed by atoms with Crippen LogP contribution >= 0.6 is 15.9 Å². The van der Waals surface area contributed by atoms with Crippen molar-refractivity contribution in [1.82, 2.24) is 0 Å². The van der Waals surface area contributed by atoms with Crippen molar-refractivity contribution in [3.05, 3.63) is 22.7 Å². The van der Waals surface area contributed by atoms with Crippen LogP contribution in [0.3, 0.4) is 0 Å². The van der Waals surface area contributed by atoms with Gasteiger partial charge >= 0.3 is 0 Å². The van der Waals surface area contributed by atoms with Gasteiger partial charge in [-0.15, -0.1) is 0 Å². The Bertz CT molecular complexity index is 615. The maximum absolute atomic E-state index is 12.2. The van der Waals surface area contributed by atoms with Crippen molar-refractivity contribution in [2.45, 2.75) is 24.3 Å². The summed E-state index contributed by atoms with van der Waals surface area (Å²) in [5.41, 5.74) is 5.85. The topological polar surface area (TPSA) is 80.5 Å². The molecule has 1 aromatic carbocycles. The van der Waals surface area contributed by atoms with E-state index in [0.717, 1.165) is 0 Å². The highest BCUT2D eigenvalue weighted by Gasteiger charge is 2.36. The molecule has 1 aliphatic rings. The molecule has 2 N–H and O–H groups in total. The lowest BCUT2D eigenvalue weighted by atomic mass is 10.2. The smallest absolute Gasteiger partial charge is 0.228 e. The normalized spacial score (nSPS) is 21.0. The molecule has 1 aliphatic heterocycles. The number of benzene rings is 1. The molecule has 1 atom stereocenters. The van der Waals surface area contributed by atoms with E-state index in [2.05, 4.69) is 15.9 Å². The maximum Gasteiger partial charge on any atom is 0.228 e. The molecule has 1 unspecified atom stereocenters. The number of carbonyl (C=O) groups excluding carboxylic acids is 1. The van der Waals surface area contributed by atoms with Gasteiger partial charge in [0.15, 0.2) is 9.84 Å². The average molecular weight is 347 g/mol. The van der Waals surface area contributed by atoms with Crippen molar-refractivity contribution in [2.24, 2.45) is 5.73 Å². The summed E-state index contributed by atoms with van der Waals surface area (Å²) >= 11 is 3.26. The SMILES string of the molecule is CC1CS(=O)(=O)c2cc(Br)ccc2N1C(=O)CCN. The van der Waals surface area contributed by atoms with Crippen LogP contribution in [0.4, 0.5) is 5.69 Å². The van der Waals surface area contributed by atoms with Crippen LogP contribution in [0.25, 0.3) is 0 Å². The van der Waals surface area contributed by atoms with Crippen molar-refractivity contribution in [2.75, 3.05) is 17.2 Å². The van der Waals surface area contributed by atoms with Crippen molar-refractivity contribution in [1.29, 1.82) is 0 Å². The average Bonchev–Trinajstić information content (AvgIpc) is 2.29. The van der Waals surface area contributed by atoms with Gasteiger partial charge in [0.05, 0.1) is 16.3 Å². The monoisotopic (exact) mass is 346 g/mol. The minimum absolute atomic E-state index is 0.0627. The summed E-state index contributed by atoms with van der Waals surface area (Å²) in [6.45, 7) is 1.98. The number of nitrogens with two attached hydrogens (primary N) is 1. The highest BCUT2D eigenvalue weighted by molar-refractivity contribution is 9.10. The summed E-state index contributed by atoms with van der Waals surface area (Å²) in [6.07, 6.45) is 0.208. The molecule has 19 heavy (non-hydrogen) atoms. The summed E-state index contributed by atoms with van der Waals surface area (Å²) < 4.78 is 25.0. The second kappa shape index (κ2) is 5.22. The predicted octanol–water partition coefficient (Wildman–Crippen LogP) is 1.31. The summed E-state index contributed by atoms with van der Waals surface area (Å²) in [7, 11) is -3.35. The van der Waals surface area contributed by atoms with Gasteiger partial charge in [-0.25, -0.2) is 8.42 Å². The Hall–Kier alpha value is -0.920. The van der Waals surface area contributed by atoms with E-state index in [1.807, 2.05) is 0 Å². The Kier molecular flexibility index (Phi) is 3.98. The Balaban J connectivity index is 2.58. The van der Waals surface area contributed by atoms with Crippen molar-refractivity contribution in [3.8, 4) is 0 Å². The molecule has 0 fully saturated rings. The molecule has 0 aliphatic carbocycles. The van der Waals surface area contributed by atoms with Crippen LogP contribution in [0.5, 0.6) is 0 Å². The van der Waals surface area contributed by atoms with Crippen LogP contribution in [0, 0.1) is 0 Å². The molecule has 1 amide bonds. The summed E-state index contributed by atoms with van der Waals surface area (Å²) in [6, 6.07) is 4.55. The molecule has 7 heteroatoms. The maximum atomic E-state index is 12.2. The molecule has 104 valence electrons. The lowest BCUT2D eigenvalue weighted by Crippen LogP contribution is -2.47. The molecule has 0 radical (unpaired) electrons. The van der Waals surface area contributed by atoms with Gasteiger partial charge in [0.25, 0.3) is 0 Å². The third-order valence-electron chi connectivity index (χ3n) is 3.04. The van der Waals surface area contributed by atoms with Crippen LogP contribution in [0.15, 0.2) is 27.6 Å². The number of fused-ring (bicyclic) bond motifs is 1. The van der Waals surface area contributed by atoms with E-state index in [-0.39, 0.29) is 35.6 Å². The van der Waals surface area contributed by atoms with Crippen LogP contribution in [0.2, 0.25) is 0 Å². The lowest BCUT2D eigenvalue weighted by molar-refractivity contribution is -0.118. The number of rotatable bonds is 2. The first-order chi connectivity index (χ1) is 8.86. The van der Waals surface area contributed by atoms with E-state index in [1.54, 1.807) is 25.1 Å². The zero-order valence-corrected chi connectivity index (χ0v) is 12.9. The molecule has 0 saturated heterocycles. The Labute approximate surface area is 120 Å². The highest BCUT2D eigenvalue weighted by atomic mass is 79.9. The van der Waals surface area contributed by atoms with Gasteiger partial charge in [-0.3, -0.25) is 4.79 Å². The molecule has 2 rings (SSSR count). The summed E-state index contributed by atoms with van der Waals surface area (Å²) in [4.78, 5) is 13.8. The number of carbonyl (C=O) groups is 1. The van der Waals surface area contributed by atoms with Crippen LogP contribution < -0.4 is 10.6 Å². The second-order valence-electron chi connectivity index (χ2n) is 4.54. The number of sulfone groups is 1. The van der Waals surface area contributed by atoms with Crippen molar-refractivity contribution < 1.29 is 13.2 Å². The Morgan fingerprint density at radius 3 is 2.84 bits per heavy atom. The van der Waals surface area contributed by atoms with E-state index in [9.17, 15) is 13.2 Å². The number of amides is 1. The van der Waals surface area contributed by atoms with Crippen molar-refractivity contribution >= 4 is 37.4 Å². The number of hydrogen-bond donors (Lipinski definition) is 1. The van der Waals surface area contributed by atoms with E-state index < -0.39 is 9.84 Å². The third-order valence-corrected chi connectivity index (χ3v) is 5.46. The Morgan fingerprint density at radius 1 is 1.53 bits per heavy atom. The van der Waals surface area contributed by atoms with Gasteiger partial charge in [-0.1, -0.05) is 15.9 Å². The number of nitrogens with zero attached hydrogens (tertiary/aromatic N) is 1. The first-order valence-corrected chi connectivity index (χ1v) is 8.36. The second-order valence-corrected chi connectivity index (χ2v) is 7.46. The molecule has 1 aromatic rings. The van der Waals surface area contributed by atoms with Gasteiger partial charge in [-0.2, -0.15) is 0 Å².